The van der Waals surface area contributed by atoms with Crippen LogP contribution in [0.5, 0.6) is 11.5 Å². The third kappa shape index (κ3) is 6.07. The van der Waals surface area contributed by atoms with Gasteiger partial charge in [-0.25, -0.2) is 0 Å². The Morgan fingerprint density at radius 2 is 1.97 bits per heavy atom. The molecule has 0 radical (unpaired) electrons. The van der Waals surface area contributed by atoms with E-state index in [1.54, 1.807) is 44.2 Å². The number of thioether (sulfide) groups is 1. The van der Waals surface area contributed by atoms with Gasteiger partial charge in [-0.2, -0.15) is 0 Å². The van der Waals surface area contributed by atoms with Gasteiger partial charge in [0.15, 0.2) is 15.8 Å². The predicted octanol–water partition coefficient (Wildman–Crippen LogP) is 4.81. The van der Waals surface area contributed by atoms with Crippen molar-refractivity contribution in [2.45, 2.75) is 17.0 Å². The van der Waals surface area contributed by atoms with Crippen molar-refractivity contribution >= 4 is 40.2 Å². The van der Waals surface area contributed by atoms with Crippen molar-refractivity contribution in [1.82, 2.24) is 10.2 Å². The largest absolute Gasteiger partial charge is 0.493 e. The molecule has 0 aliphatic heterocycles. The number of methoxy groups -OCH3 is 2. The van der Waals surface area contributed by atoms with Gasteiger partial charge >= 0.3 is 0 Å². The molecule has 2 aromatic carbocycles. The second-order valence-electron chi connectivity index (χ2n) is 6.09. The molecule has 0 aliphatic carbocycles. The second-order valence-corrected chi connectivity index (χ2v) is 8.29. The number of carbonyl (C=O) groups excluding carboxylic acids is 1. The molecule has 0 spiro atoms. The number of anilines is 1. The number of rotatable bonds is 8. The Hall–Kier alpha value is -2.84. The number of ether oxygens (including phenoxy) is 2. The molecule has 0 unspecified atom stereocenters. The van der Waals surface area contributed by atoms with Crippen LogP contribution in [0, 0.1) is 6.92 Å². The maximum absolute atomic E-state index is 12.2. The first-order valence-corrected chi connectivity index (χ1v) is 10.6. The van der Waals surface area contributed by atoms with E-state index in [2.05, 4.69) is 40.6 Å². The standard InChI is InChI=1S/C21H21N3O3S2/c1-14-5-4-6-16(11-14)13-28-21-24-23-20(29-21)22-19(25)10-8-15-7-9-17(26-2)18(12-15)27-3/h4-12H,13H2,1-3H3,(H,22,23,25)/b10-8+. The highest BCUT2D eigenvalue weighted by Gasteiger charge is 2.08. The van der Waals surface area contributed by atoms with E-state index in [1.165, 1.54) is 28.5 Å². The number of carbonyl (C=O) groups is 1. The summed E-state index contributed by atoms with van der Waals surface area (Å²) < 4.78 is 11.3. The zero-order valence-electron chi connectivity index (χ0n) is 16.3. The van der Waals surface area contributed by atoms with Crippen molar-refractivity contribution in [3.63, 3.8) is 0 Å². The van der Waals surface area contributed by atoms with E-state index in [0.29, 0.717) is 16.6 Å². The van der Waals surface area contributed by atoms with Gasteiger partial charge in [0.05, 0.1) is 14.2 Å². The summed E-state index contributed by atoms with van der Waals surface area (Å²) in [5, 5.41) is 11.4. The van der Waals surface area contributed by atoms with Gasteiger partial charge in [-0.1, -0.05) is 59.0 Å². The highest BCUT2D eigenvalue weighted by molar-refractivity contribution is 8.00. The van der Waals surface area contributed by atoms with Crippen LogP contribution in [0.3, 0.4) is 0 Å². The summed E-state index contributed by atoms with van der Waals surface area (Å²) in [6, 6.07) is 13.8. The Morgan fingerprint density at radius 1 is 1.14 bits per heavy atom. The monoisotopic (exact) mass is 427 g/mol. The minimum absolute atomic E-state index is 0.272. The minimum atomic E-state index is -0.272. The van der Waals surface area contributed by atoms with Gasteiger partial charge in [0, 0.05) is 11.8 Å². The molecular weight excluding hydrogens is 406 g/mol. The number of nitrogens with zero attached hydrogens (tertiary/aromatic N) is 2. The van der Waals surface area contributed by atoms with E-state index in [0.717, 1.165) is 15.7 Å². The van der Waals surface area contributed by atoms with Crippen LogP contribution in [-0.2, 0) is 10.5 Å². The van der Waals surface area contributed by atoms with Crippen LogP contribution >= 0.6 is 23.1 Å². The van der Waals surface area contributed by atoms with E-state index in [1.807, 2.05) is 12.1 Å². The summed E-state index contributed by atoms with van der Waals surface area (Å²) in [7, 11) is 3.15. The molecule has 0 saturated carbocycles. The number of hydrogen-bond donors (Lipinski definition) is 1. The Bertz CT molecular complexity index is 1020. The summed E-state index contributed by atoms with van der Waals surface area (Å²) in [6.07, 6.45) is 3.15. The minimum Gasteiger partial charge on any atom is -0.493 e. The van der Waals surface area contributed by atoms with Crippen molar-refractivity contribution in [2.24, 2.45) is 0 Å². The molecule has 8 heteroatoms. The molecule has 29 heavy (non-hydrogen) atoms. The molecule has 0 fully saturated rings. The maximum Gasteiger partial charge on any atom is 0.250 e. The quantitative estimate of drug-likeness (QED) is 0.316. The van der Waals surface area contributed by atoms with Crippen LogP contribution in [-0.4, -0.2) is 30.3 Å². The van der Waals surface area contributed by atoms with Crippen molar-refractivity contribution in [3.8, 4) is 11.5 Å². The molecule has 0 aliphatic rings. The van der Waals surface area contributed by atoms with Gasteiger partial charge in [0.1, 0.15) is 0 Å². The lowest BCUT2D eigenvalue weighted by atomic mass is 10.2. The van der Waals surface area contributed by atoms with Gasteiger partial charge in [0.2, 0.25) is 11.0 Å². The molecule has 1 N–H and O–H groups in total. The van der Waals surface area contributed by atoms with Gasteiger partial charge in [-0.05, 0) is 36.3 Å². The molecule has 3 aromatic rings. The lowest BCUT2D eigenvalue weighted by Crippen LogP contribution is -2.07. The Morgan fingerprint density at radius 3 is 2.72 bits per heavy atom. The number of amides is 1. The third-order valence-electron chi connectivity index (χ3n) is 3.92. The predicted molar refractivity (Wildman–Crippen MR) is 118 cm³/mol. The lowest BCUT2D eigenvalue weighted by molar-refractivity contribution is -0.111. The molecule has 3 rings (SSSR count). The summed E-state index contributed by atoms with van der Waals surface area (Å²) in [5.74, 6) is 1.78. The van der Waals surface area contributed by atoms with Gasteiger partial charge in [0.25, 0.3) is 0 Å². The van der Waals surface area contributed by atoms with Crippen LogP contribution < -0.4 is 14.8 Å². The van der Waals surface area contributed by atoms with E-state index in [4.69, 9.17) is 9.47 Å². The maximum atomic E-state index is 12.2. The molecular formula is C21H21N3O3S2. The first-order valence-electron chi connectivity index (χ1n) is 8.80. The number of aryl methyl sites for hydroxylation is 1. The molecule has 0 atom stereocenters. The number of hydrogen-bond acceptors (Lipinski definition) is 7. The highest BCUT2D eigenvalue weighted by atomic mass is 32.2. The van der Waals surface area contributed by atoms with Crippen molar-refractivity contribution in [2.75, 3.05) is 19.5 Å². The third-order valence-corrected chi connectivity index (χ3v) is 5.96. The highest BCUT2D eigenvalue weighted by Crippen LogP contribution is 2.29. The second kappa shape index (κ2) is 10.1. The average molecular weight is 428 g/mol. The summed E-state index contributed by atoms with van der Waals surface area (Å²) >= 11 is 2.95. The summed E-state index contributed by atoms with van der Waals surface area (Å²) in [4.78, 5) is 12.2. The molecule has 0 bridgehead atoms. The molecule has 6 nitrogen and oxygen atoms in total. The smallest absolute Gasteiger partial charge is 0.250 e. The SMILES string of the molecule is COc1ccc(/C=C/C(=O)Nc2nnc(SCc3cccc(C)c3)s2)cc1OC. The van der Waals surface area contributed by atoms with E-state index < -0.39 is 0 Å². The fraction of sp³-hybridized carbons (Fsp3) is 0.190. The Kier molecular flexibility index (Phi) is 7.26. The summed E-state index contributed by atoms with van der Waals surface area (Å²) in [6.45, 7) is 2.07. The van der Waals surface area contributed by atoms with E-state index in [9.17, 15) is 4.79 Å². The van der Waals surface area contributed by atoms with Crippen molar-refractivity contribution < 1.29 is 14.3 Å². The van der Waals surface area contributed by atoms with Crippen molar-refractivity contribution in [3.05, 3.63) is 65.2 Å². The molecule has 1 heterocycles. The number of nitrogens with one attached hydrogen (secondary N) is 1. The molecule has 1 amide bonds. The van der Waals surface area contributed by atoms with Gasteiger partial charge < -0.3 is 9.47 Å². The van der Waals surface area contributed by atoms with Crippen LogP contribution in [0.4, 0.5) is 5.13 Å². The fourth-order valence-electron chi connectivity index (χ4n) is 2.54. The number of aromatic nitrogens is 2. The lowest BCUT2D eigenvalue weighted by Gasteiger charge is -2.07. The average Bonchev–Trinajstić information content (AvgIpc) is 3.17. The van der Waals surface area contributed by atoms with Crippen LogP contribution in [0.1, 0.15) is 16.7 Å². The van der Waals surface area contributed by atoms with Crippen LogP contribution in [0.15, 0.2) is 52.9 Å². The topological polar surface area (TPSA) is 73.3 Å². The molecule has 1 aromatic heterocycles. The number of benzene rings is 2. The van der Waals surface area contributed by atoms with Crippen molar-refractivity contribution in [1.29, 1.82) is 0 Å². The first kappa shape index (κ1) is 20.9. The van der Waals surface area contributed by atoms with E-state index >= 15 is 0 Å². The molecule has 150 valence electrons. The normalized spacial score (nSPS) is 10.9. The zero-order valence-corrected chi connectivity index (χ0v) is 18.0. The van der Waals surface area contributed by atoms with Crippen LogP contribution in [0.2, 0.25) is 0 Å². The molecule has 0 saturated heterocycles. The first-order chi connectivity index (χ1) is 14.1. The van der Waals surface area contributed by atoms with Gasteiger partial charge in [-0.15, -0.1) is 10.2 Å². The fourth-order valence-corrected chi connectivity index (χ4v) is 4.24. The zero-order chi connectivity index (χ0) is 20.6. The van der Waals surface area contributed by atoms with Gasteiger partial charge in [-0.3, -0.25) is 10.1 Å². The Labute approximate surface area is 178 Å². The van der Waals surface area contributed by atoms with Crippen LogP contribution in [0.25, 0.3) is 6.08 Å². The summed E-state index contributed by atoms with van der Waals surface area (Å²) in [5.41, 5.74) is 3.28. The Balaban J connectivity index is 1.55. The van der Waals surface area contributed by atoms with E-state index in [-0.39, 0.29) is 5.91 Å².